The Morgan fingerprint density at radius 1 is 1.11 bits per heavy atom. The number of aliphatic hydroxyl groups is 1. The number of nitrogens with zero attached hydrogens (tertiary/aromatic N) is 1. The fourth-order valence-electron chi connectivity index (χ4n) is 3.46. The number of hydrogen-bond donors (Lipinski definition) is 1. The number of amides is 1. The van der Waals surface area contributed by atoms with Crippen LogP contribution in [-0.2, 0) is 14.3 Å². The van der Waals surface area contributed by atoms with Crippen LogP contribution in [-0.4, -0.2) is 49.1 Å². The molecule has 1 heterocycles. The zero-order chi connectivity index (χ0) is 20.3. The molecule has 1 aliphatic heterocycles. The second kappa shape index (κ2) is 8.27. The van der Waals surface area contributed by atoms with Crippen molar-refractivity contribution in [2.75, 3.05) is 27.4 Å². The smallest absolute Gasteiger partial charge is 0.295 e. The number of methoxy groups -OCH3 is 2. The third-order valence-electron chi connectivity index (χ3n) is 4.86. The fraction of sp³-hybridized carbons (Fsp3) is 0.273. The van der Waals surface area contributed by atoms with Gasteiger partial charge in [0.1, 0.15) is 11.5 Å². The summed E-state index contributed by atoms with van der Waals surface area (Å²) in [6, 6.07) is 13.7. The summed E-state index contributed by atoms with van der Waals surface area (Å²) in [5, 5.41) is 11.0. The molecule has 0 radical (unpaired) electrons. The predicted molar refractivity (Wildman–Crippen MR) is 105 cm³/mol. The number of ketones is 1. The van der Waals surface area contributed by atoms with Gasteiger partial charge in [-0.2, -0.15) is 0 Å². The van der Waals surface area contributed by atoms with Crippen LogP contribution in [0.25, 0.3) is 5.76 Å². The van der Waals surface area contributed by atoms with E-state index in [-0.39, 0.29) is 24.5 Å². The van der Waals surface area contributed by atoms with Crippen LogP contribution in [0.1, 0.15) is 22.7 Å². The van der Waals surface area contributed by atoms with Crippen molar-refractivity contribution in [3.05, 3.63) is 70.8 Å². The standard InChI is InChI=1S/C22H23NO5/c1-14-13-16(9-10-17(14)28-3)20(24)18-19(15-7-5-4-6-8-15)23(11-12-27-2)22(26)21(18)25/h4-10,13,19,24H,11-12H2,1-3H3/b20-18+/t19-/m0/s1. The van der Waals surface area contributed by atoms with E-state index in [9.17, 15) is 14.7 Å². The Balaban J connectivity index is 2.15. The van der Waals surface area contributed by atoms with Crippen molar-refractivity contribution < 1.29 is 24.2 Å². The summed E-state index contributed by atoms with van der Waals surface area (Å²) in [5.74, 6) is -0.858. The lowest BCUT2D eigenvalue weighted by Gasteiger charge is -2.25. The SMILES string of the molecule is COCCN1C(=O)C(=O)/C(=C(/O)c2ccc(OC)c(C)c2)[C@@H]1c1ccccc1. The third-order valence-corrected chi connectivity index (χ3v) is 4.86. The van der Waals surface area contributed by atoms with Gasteiger partial charge in [-0.3, -0.25) is 9.59 Å². The van der Waals surface area contributed by atoms with Gasteiger partial charge in [0, 0.05) is 19.2 Å². The number of Topliss-reactive ketones (excluding diaryl/α,β-unsaturated/α-hetero) is 1. The second-order valence-electron chi connectivity index (χ2n) is 6.58. The van der Waals surface area contributed by atoms with Crippen molar-refractivity contribution >= 4 is 17.4 Å². The maximum atomic E-state index is 12.8. The van der Waals surface area contributed by atoms with Crippen molar-refractivity contribution in [2.24, 2.45) is 0 Å². The first kappa shape index (κ1) is 19.6. The van der Waals surface area contributed by atoms with Crippen LogP contribution >= 0.6 is 0 Å². The average molecular weight is 381 g/mol. The first-order valence-corrected chi connectivity index (χ1v) is 8.97. The van der Waals surface area contributed by atoms with Crippen LogP contribution in [0.4, 0.5) is 0 Å². The Bertz CT molecular complexity index is 920. The predicted octanol–water partition coefficient (Wildman–Crippen LogP) is 3.07. The second-order valence-corrected chi connectivity index (χ2v) is 6.58. The molecule has 1 aliphatic rings. The summed E-state index contributed by atoms with van der Waals surface area (Å²) in [6.07, 6.45) is 0. The lowest BCUT2D eigenvalue weighted by molar-refractivity contribution is -0.140. The van der Waals surface area contributed by atoms with Crippen molar-refractivity contribution in [2.45, 2.75) is 13.0 Å². The highest BCUT2D eigenvalue weighted by Gasteiger charge is 2.45. The molecule has 0 aromatic heterocycles. The van der Waals surface area contributed by atoms with E-state index in [4.69, 9.17) is 9.47 Å². The van der Waals surface area contributed by atoms with Gasteiger partial charge >= 0.3 is 0 Å². The van der Waals surface area contributed by atoms with Gasteiger partial charge in [-0.15, -0.1) is 0 Å². The molecule has 0 spiro atoms. The van der Waals surface area contributed by atoms with Gasteiger partial charge in [0.2, 0.25) is 0 Å². The molecule has 0 bridgehead atoms. The van der Waals surface area contributed by atoms with E-state index in [1.54, 1.807) is 25.3 Å². The Morgan fingerprint density at radius 2 is 1.82 bits per heavy atom. The van der Waals surface area contributed by atoms with Crippen LogP contribution in [0.2, 0.25) is 0 Å². The minimum Gasteiger partial charge on any atom is -0.507 e. The Kier molecular flexibility index (Phi) is 5.80. The Hall–Kier alpha value is -3.12. The van der Waals surface area contributed by atoms with Crippen LogP contribution in [0, 0.1) is 6.92 Å². The summed E-state index contributed by atoms with van der Waals surface area (Å²) in [6.45, 7) is 2.39. The van der Waals surface area contributed by atoms with Gasteiger partial charge in [0.05, 0.1) is 25.3 Å². The van der Waals surface area contributed by atoms with Gasteiger partial charge in [0.15, 0.2) is 0 Å². The molecule has 1 fully saturated rings. The van der Waals surface area contributed by atoms with Crippen LogP contribution in [0.3, 0.4) is 0 Å². The number of carbonyl (C=O) groups excluding carboxylic acids is 2. The zero-order valence-electron chi connectivity index (χ0n) is 16.1. The molecule has 1 N–H and O–H groups in total. The van der Waals surface area contributed by atoms with E-state index in [1.165, 1.54) is 12.0 Å². The number of aryl methyl sites for hydroxylation is 1. The van der Waals surface area contributed by atoms with E-state index >= 15 is 0 Å². The van der Waals surface area contributed by atoms with Crippen LogP contribution in [0.5, 0.6) is 5.75 Å². The van der Waals surface area contributed by atoms with Crippen molar-refractivity contribution in [1.82, 2.24) is 4.90 Å². The quantitative estimate of drug-likeness (QED) is 0.473. The summed E-state index contributed by atoms with van der Waals surface area (Å²) in [7, 11) is 3.10. The number of hydrogen-bond acceptors (Lipinski definition) is 5. The van der Waals surface area contributed by atoms with Crippen LogP contribution < -0.4 is 4.74 Å². The highest BCUT2D eigenvalue weighted by atomic mass is 16.5. The minimum atomic E-state index is -0.698. The maximum absolute atomic E-state index is 12.8. The van der Waals surface area contributed by atoms with Crippen LogP contribution in [0.15, 0.2) is 54.1 Å². The topological polar surface area (TPSA) is 76.1 Å². The molecule has 6 nitrogen and oxygen atoms in total. The Labute approximate surface area is 164 Å². The number of carbonyl (C=O) groups is 2. The van der Waals surface area contributed by atoms with Crippen molar-refractivity contribution in [3.8, 4) is 5.75 Å². The molecule has 0 unspecified atom stereocenters. The molecule has 2 aromatic rings. The molecule has 1 amide bonds. The van der Waals surface area contributed by atoms with Crippen molar-refractivity contribution in [3.63, 3.8) is 0 Å². The van der Waals surface area contributed by atoms with E-state index in [0.29, 0.717) is 11.3 Å². The van der Waals surface area contributed by atoms with Gasteiger partial charge in [-0.25, -0.2) is 0 Å². The molecule has 1 atom stereocenters. The first-order valence-electron chi connectivity index (χ1n) is 8.97. The summed E-state index contributed by atoms with van der Waals surface area (Å²) >= 11 is 0. The highest BCUT2D eigenvalue weighted by molar-refractivity contribution is 6.46. The number of benzene rings is 2. The van der Waals surface area contributed by atoms with Gasteiger partial charge in [-0.1, -0.05) is 30.3 Å². The minimum absolute atomic E-state index is 0.0804. The molecule has 2 aromatic carbocycles. The zero-order valence-corrected chi connectivity index (χ0v) is 16.1. The number of rotatable bonds is 6. The average Bonchev–Trinajstić information content (AvgIpc) is 2.97. The summed E-state index contributed by atoms with van der Waals surface area (Å²) < 4.78 is 10.3. The van der Waals surface area contributed by atoms with Gasteiger partial charge < -0.3 is 19.5 Å². The fourth-order valence-corrected chi connectivity index (χ4v) is 3.46. The Morgan fingerprint density at radius 3 is 2.43 bits per heavy atom. The molecule has 28 heavy (non-hydrogen) atoms. The number of likely N-dealkylation sites (tertiary alicyclic amines) is 1. The number of ether oxygens (including phenoxy) is 2. The molecular weight excluding hydrogens is 358 g/mol. The molecule has 0 saturated carbocycles. The molecule has 3 rings (SSSR count). The maximum Gasteiger partial charge on any atom is 0.295 e. The van der Waals surface area contributed by atoms with Crippen molar-refractivity contribution in [1.29, 1.82) is 0 Å². The van der Waals surface area contributed by atoms with Gasteiger partial charge in [0.25, 0.3) is 11.7 Å². The first-order chi connectivity index (χ1) is 13.5. The van der Waals surface area contributed by atoms with Gasteiger partial charge in [-0.05, 0) is 36.2 Å². The number of aliphatic hydroxyl groups excluding tert-OH is 1. The molecule has 6 heteroatoms. The monoisotopic (exact) mass is 381 g/mol. The highest BCUT2D eigenvalue weighted by Crippen LogP contribution is 2.39. The third kappa shape index (κ3) is 3.51. The molecule has 1 saturated heterocycles. The van der Waals surface area contributed by atoms with E-state index in [2.05, 4.69) is 0 Å². The lowest BCUT2D eigenvalue weighted by Crippen LogP contribution is -2.32. The normalized spacial score (nSPS) is 18.5. The summed E-state index contributed by atoms with van der Waals surface area (Å²) in [4.78, 5) is 26.9. The molecule has 146 valence electrons. The van der Waals surface area contributed by atoms with E-state index in [1.807, 2.05) is 37.3 Å². The van der Waals surface area contributed by atoms with E-state index < -0.39 is 17.7 Å². The molecular formula is C22H23NO5. The largest absolute Gasteiger partial charge is 0.507 e. The lowest BCUT2D eigenvalue weighted by atomic mass is 9.95. The summed E-state index contributed by atoms with van der Waals surface area (Å²) in [5.41, 5.74) is 2.11. The molecule has 0 aliphatic carbocycles. The van der Waals surface area contributed by atoms with E-state index in [0.717, 1.165) is 11.1 Å².